The average molecular weight is 295 g/mol. The Balaban J connectivity index is -0.000000448. The molecule has 0 aromatic carbocycles. The van der Waals surface area contributed by atoms with Crippen molar-refractivity contribution < 1.29 is 21.7 Å². The first-order chi connectivity index (χ1) is 8.29. The number of nitrogens with one attached hydrogen (secondary N) is 1. The number of hydrogen-bond donors (Lipinski definition) is 1. The van der Waals surface area contributed by atoms with Crippen LogP contribution in [0, 0.1) is 0 Å². The van der Waals surface area contributed by atoms with Gasteiger partial charge >= 0.3 is 0 Å². The second kappa shape index (κ2) is 16.0. The summed E-state index contributed by atoms with van der Waals surface area (Å²) in [5.74, 6) is 0. The predicted octanol–water partition coefficient (Wildman–Crippen LogP) is 0.381. The Hall–Kier alpha value is -0.0900. The average Bonchev–Trinajstić information content (AvgIpc) is 2.19. The SMILES string of the molecule is C=C(C)C.CCCCCNOCCC[N+](C)(C)C.[Cl-]. The molecule has 0 bridgehead atoms. The number of hydroxylamine groups is 1. The molecule has 0 aliphatic rings. The predicted molar refractivity (Wildman–Crippen MR) is 81.5 cm³/mol. The molecule has 0 rings (SSSR count). The summed E-state index contributed by atoms with van der Waals surface area (Å²) in [6, 6.07) is 0. The largest absolute Gasteiger partial charge is 1.00 e. The summed E-state index contributed by atoms with van der Waals surface area (Å²) in [7, 11) is 6.61. The van der Waals surface area contributed by atoms with Crippen molar-refractivity contribution >= 4 is 0 Å². The Morgan fingerprint density at radius 3 is 2.05 bits per heavy atom. The third-order valence-electron chi connectivity index (χ3n) is 2.06. The fourth-order valence-corrected chi connectivity index (χ4v) is 1.20. The van der Waals surface area contributed by atoms with Crippen LogP contribution in [0.4, 0.5) is 0 Å². The molecule has 0 saturated carbocycles. The van der Waals surface area contributed by atoms with Gasteiger partial charge in [0.05, 0.1) is 34.3 Å². The minimum absolute atomic E-state index is 0. The van der Waals surface area contributed by atoms with Gasteiger partial charge < -0.3 is 21.7 Å². The van der Waals surface area contributed by atoms with Crippen molar-refractivity contribution in [2.75, 3.05) is 40.8 Å². The molecule has 0 spiro atoms. The molecule has 0 amide bonds. The van der Waals surface area contributed by atoms with Gasteiger partial charge in [0.1, 0.15) is 0 Å². The minimum atomic E-state index is 0. The Morgan fingerprint density at radius 2 is 1.63 bits per heavy atom. The molecule has 118 valence electrons. The molecule has 0 atom stereocenters. The first-order valence-electron chi connectivity index (χ1n) is 7.06. The van der Waals surface area contributed by atoms with Crippen molar-refractivity contribution in [3.05, 3.63) is 12.2 Å². The van der Waals surface area contributed by atoms with Gasteiger partial charge in [-0.3, -0.25) is 0 Å². The molecular weight excluding hydrogens is 260 g/mol. The maximum absolute atomic E-state index is 5.32. The van der Waals surface area contributed by atoms with Gasteiger partial charge in [0, 0.05) is 13.0 Å². The number of quaternary nitrogens is 1. The lowest BCUT2D eigenvalue weighted by Gasteiger charge is -2.23. The van der Waals surface area contributed by atoms with Crippen molar-refractivity contribution in [2.45, 2.75) is 46.5 Å². The van der Waals surface area contributed by atoms with Crippen LogP contribution >= 0.6 is 0 Å². The molecule has 0 heterocycles. The Kier molecular flexibility index (Phi) is 20.1. The molecule has 19 heavy (non-hydrogen) atoms. The molecule has 0 aliphatic carbocycles. The van der Waals surface area contributed by atoms with Gasteiger partial charge in [-0.2, -0.15) is 0 Å². The third-order valence-corrected chi connectivity index (χ3v) is 2.06. The van der Waals surface area contributed by atoms with E-state index in [1.165, 1.54) is 24.8 Å². The second-order valence-corrected chi connectivity index (χ2v) is 6.02. The van der Waals surface area contributed by atoms with Crippen molar-refractivity contribution in [1.29, 1.82) is 0 Å². The molecule has 0 aromatic heterocycles. The van der Waals surface area contributed by atoms with Crippen molar-refractivity contribution in [2.24, 2.45) is 0 Å². The van der Waals surface area contributed by atoms with Crippen LogP contribution in [0.2, 0.25) is 0 Å². The van der Waals surface area contributed by atoms with E-state index in [2.05, 4.69) is 40.1 Å². The molecule has 0 fully saturated rings. The van der Waals surface area contributed by atoms with Crippen LogP contribution in [0.3, 0.4) is 0 Å². The van der Waals surface area contributed by atoms with E-state index in [0.717, 1.165) is 30.6 Å². The van der Waals surface area contributed by atoms with Crippen LogP contribution in [0.1, 0.15) is 46.5 Å². The molecule has 0 unspecified atom stereocenters. The van der Waals surface area contributed by atoms with E-state index < -0.39 is 0 Å². The first-order valence-corrected chi connectivity index (χ1v) is 7.06. The smallest absolute Gasteiger partial charge is 0.0803 e. The van der Waals surface area contributed by atoms with Gasteiger partial charge in [0.25, 0.3) is 0 Å². The number of allylic oxidation sites excluding steroid dienone is 1. The summed E-state index contributed by atoms with van der Waals surface area (Å²) < 4.78 is 1.01. The van der Waals surface area contributed by atoms with Crippen molar-refractivity contribution in [1.82, 2.24) is 5.48 Å². The van der Waals surface area contributed by atoms with E-state index in [-0.39, 0.29) is 12.4 Å². The maximum Gasteiger partial charge on any atom is 0.0803 e. The fourth-order valence-electron chi connectivity index (χ4n) is 1.20. The summed E-state index contributed by atoms with van der Waals surface area (Å²) >= 11 is 0. The molecular formula is C15H35ClN2O. The molecule has 4 heteroatoms. The number of halogens is 1. The van der Waals surface area contributed by atoms with Gasteiger partial charge in [-0.05, 0) is 20.3 Å². The van der Waals surface area contributed by atoms with Crippen LogP contribution in [-0.2, 0) is 4.84 Å². The number of unbranched alkanes of at least 4 members (excludes halogenated alkanes) is 2. The topological polar surface area (TPSA) is 21.3 Å². The molecule has 3 nitrogen and oxygen atoms in total. The molecule has 0 saturated heterocycles. The van der Waals surface area contributed by atoms with Crippen LogP contribution in [-0.4, -0.2) is 45.3 Å². The van der Waals surface area contributed by atoms with Gasteiger partial charge in [-0.25, -0.2) is 5.48 Å². The van der Waals surface area contributed by atoms with Gasteiger partial charge in [-0.15, -0.1) is 6.58 Å². The Bertz CT molecular complexity index is 187. The highest BCUT2D eigenvalue weighted by atomic mass is 35.5. The lowest BCUT2D eigenvalue weighted by atomic mass is 10.3. The summed E-state index contributed by atoms with van der Waals surface area (Å²) in [6.45, 7) is 12.7. The Labute approximate surface area is 127 Å². The van der Waals surface area contributed by atoms with E-state index >= 15 is 0 Å². The van der Waals surface area contributed by atoms with Crippen LogP contribution in [0.25, 0.3) is 0 Å². The van der Waals surface area contributed by atoms with E-state index in [1.807, 2.05) is 13.8 Å². The van der Waals surface area contributed by atoms with Crippen LogP contribution in [0.5, 0.6) is 0 Å². The van der Waals surface area contributed by atoms with Crippen molar-refractivity contribution in [3.8, 4) is 0 Å². The van der Waals surface area contributed by atoms with E-state index in [9.17, 15) is 0 Å². The zero-order chi connectivity index (χ0) is 14.4. The zero-order valence-corrected chi connectivity index (χ0v) is 14.6. The fraction of sp³-hybridized carbons (Fsp3) is 0.867. The number of nitrogens with zero attached hydrogens (tertiary/aromatic N) is 1. The monoisotopic (exact) mass is 294 g/mol. The number of rotatable bonds is 9. The van der Waals surface area contributed by atoms with Gasteiger partial charge in [0.15, 0.2) is 0 Å². The number of hydrogen-bond acceptors (Lipinski definition) is 2. The zero-order valence-electron chi connectivity index (χ0n) is 13.9. The Morgan fingerprint density at radius 1 is 1.11 bits per heavy atom. The normalized spacial score (nSPS) is 10.2. The standard InChI is InChI=1S/C11H27N2O.C4H8.ClH/c1-5-6-7-9-12-14-11-8-10-13(2,3)4;1-4(2)3;/h12H,5-11H2,1-4H3;1H2,2-3H3;1H/q+1;;/p-1. The molecule has 1 N–H and O–H groups in total. The quantitative estimate of drug-likeness (QED) is 0.287. The molecule has 0 aliphatic heterocycles. The van der Waals surface area contributed by atoms with Crippen LogP contribution < -0.4 is 17.9 Å². The first kappa shape index (κ1) is 24.0. The van der Waals surface area contributed by atoms with E-state index in [4.69, 9.17) is 4.84 Å². The highest BCUT2D eigenvalue weighted by Gasteiger charge is 2.04. The van der Waals surface area contributed by atoms with Crippen LogP contribution in [0.15, 0.2) is 12.2 Å². The van der Waals surface area contributed by atoms with E-state index in [1.54, 1.807) is 0 Å². The summed E-state index contributed by atoms with van der Waals surface area (Å²) in [5.41, 5.74) is 4.17. The molecule has 0 radical (unpaired) electrons. The third kappa shape index (κ3) is 38.1. The molecule has 0 aromatic rings. The highest BCUT2D eigenvalue weighted by Crippen LogP contribution is 1.94. The minimum Gasteiger partial charge on any atom is -1.00 e. The summed E-state index contributed by atoms with van der Waals surface area (Å²) in [6.07, 6.45) is 4.88. The van der Waals surface area contributed by atoms with Gasteiger partial charge in [0.2, 0.25) is 0 Å². The second-order valence-electron chi connectivity index (χ2n) is 6.02. The summed E-state index contributed by atoms with van der Waals surface area (Å²) in [5, 5.41) is 0. The van der Waals surface area contributed by atoms with E-state index in [0.29, 0.717) is 0 Å². The highest BCUT2D eigenvalue weighted by molar-refractivity contribution is 4.78. The lowest BCUT2D eigenvalue weighted by molar-refractivity contribution is -0.870. The summed E-state index contributed by atoms with van der Waals surface area (Å²) in [4.78, 5) is 5.32. The maximum atomic E-state index is 5.32. The van der Waals surface area contributed by atoms with Crippen molar-refractivity contribution in [3.63, 3.8) is 0 Å². The van der Waals surface area contributed by atoms with Gasteiger partial charge in [-0.1, -0.05) is 25.3 Å². The lowest BCUT2D eigenvalue weighted by Crippen LogP contribution is -3.00.